The van der Waals surface area contributed by atoms with Crippen LogP contribution in [0.4, 0.5) is 5.82 Å². The zero-order valence-corrected chi connectivity index (χ0v) is 13.2. The largest absolute Gasteiger partial charge is 0.353 e. The minimum absolute atomic E-state index is 0.164. The zero-order valence-electron chi connectivity index (χ0n) is 12.4. The minimum Gasteiger partial charge on any atom is -0.353 e. The van der Waals surface area contributed by atoms with Crippen LogP contribution in [0.3, 0.4) is 0 Å². The topological polar surface area (TPSA) is 24.9 Å². The van der Waals surface area contributed by atoms with E-state index in [1.807, 2.05) is 72.8 Å². The second-order valence-electron chi connectivity index (χ2n) is 4.95. The van der Waals surface area contributed by atoms with Gasteiger partial charge in [-0.2, -0.15) is 0 Å². The lowest BCUT2D eigenvalue weighted by Gasteiger charge is -2.14. The molecule has 23 heavy (non-hydrogen) atoms. The first-order valence-electron chi connectivity index (χ1n) is 7.31. The SMILES string of the molecule is Clc1ccccc1C#CC(Nc1ccccn1)c1ccccc1. The Bertz CT molecular complexity index is 820. The highest BCUT2D eigenvalue weighted by Crippen LogP contribution is 2.19. The van der Waals surface area contributed by atoms with Gasteiger partial charge in [-0.3, -0.25) is 0 Å². The lowest BCUT2D eigenvalue weighted by molar-refractivity contribution is 1.00. The summed E-state index contributed by atoms with van der Waals surface area (Å²) in [5.74, 6) is 7.20. The Hall–Kier alpha value is -2.76. The molecule has 2 nitrogen and oxygen atoms in total. The molecule has 0 aliphatic heterocycles. The second-order valence-corrected chi connectivity index (χ2v) is 5.36. The van der Waals surface area contributed by atoms with Crippen LogP contribution in [-0.2, 0) is 0 Å². The molecule has 1 unspecified atom stereocenters. The van der Waals surface area contributed by atoms with Crippen molar-refractivity contribution in [2.24, 2.45) is 0 Å². The Balaban J connectivity index is 1.92. The van der Waals surface area contributed by atoms with Crippen molar-refractivity contribution in [1.82, 2.24) is 4.98 Å². The molecule has 0 saturated heterocycles. The summed E-state index contributed by atoms with van der Waals surface area (Å²) in [7, 11) is 0. The number of benzene rings is 2. The monoisotopic (exact) mass is 318 g/mol. The van der Waals surface area contributed by atoms with Crippen LogP contribution in [0.25, 0.3) is 0 Å². The normalized spacial score (nSPS) is 11.2. The fraction of sp³-hybridized carbons (Fsp3) is 0.0500. The number of anilines is 1. The van der Waals surface area contributed by atoms with Crippen LogP contribution in [0.2, 0.25) is 5.02 Å². The highest BCUT2D eigenvalue weighted by Gasteiger charge is 2.08. The first-order valence-corrected chi connectivity index (χ1v) is 7.69. The number of hydrogen-bond donors (Lipinski definition) is 1. The van der Waals surface area contributed by atoms with E-state index in [9.17, 15) is 0 Å². The van der Waals surface area contributed by atoms with E-state index in [-0.39, 0.29) is 6.04 Å². The number of aromatic nitrogens is 1. The van der Waals surface area contributed by atoms with Crippen molar-refractivity contribution in [3.8, 4) is 11.8 Å². The summed E-state index contributed by atoms with van der Waals surface area (Å²) in [5.41, 5.74) is 1.90. The van der Waals surface area contributed by atoms with Crippen molar-refractivity contribution in [3.05, 3.63) is 95.1 Å². The predicted molar refractivity (Wildman–Crippen MR) is 95.4 cm³/mol. The third-order valence-electron chi connectivity index (χ3n) is 3.32. The summed E-state index contributed by atoms with van der Waals surface area (Å²) in [6.07, 6.45) is 1.76. The number of nitrogens with one attached hydrogen (secondary N) is 1. The molecule has 0 fully saturated rings. The number of hydrogen-bond acceptors (Lipinski definition) is 2. The Labute approximate surface area is 141 Å². The maximum absolute atomic E-state index is 6.18. The molecule has 3 aromatic rings. The van der Waals surface area contributed by atoms with Gasteiger partial charge in [-0.05, 0) is 29.8 Å². The van der Waals surface area contributed by atoms with Gasteiger partial charge < -0.3 is 5.32 Å². The van der Waals surface area contributed by atoms with Crippen molar-refractivity contribution in [1.29, 1.82) is 0 Å². The lowest BCUT2D eigenvalue weighted by atomic mass is 10.1. The number of nitrogens with zero attached hydrogens (tertiary/aromatic N) is 1. The first-order chi connectivity index (χ1) is 11.3. The molecule has 1 atom stereocenters. The van der Waals surface area contributed by atoms with Gasteiger partial charge in [0.05, 0.1) is 5.02 Å². The smallest absolute Gasteiger partial charge is 0.127 e. The number of pyridine rings is 1. The van der Waals surface area contributed by atoms with Crippen LogP contribution >= 0.6 is 11.6 Å². The van der Waals surface area contributed by atoms with Crippen molar-refractivity contribution >= 4 is 17.4 Å². The molecule has 3 rings (SSSR count). The molecule has 112 valence electrons. The summed E-state index contributed by atoms with van der Waals surface area (Å²) in [6.45, 7) is 0. The van der Waals surface area contributed by atoms with Gasteiger partial charge in [-0.25, -0.2) is 4.98 Å². The molecular weight excluding hydrogens is 304 g/mol. The van der Waals surface area contributed by atoms with E-state index in [0.29, 0.717) is 5.02 Å². The minimum atomic E-state index is -0.164. The van der Waals surface area contributed by atoms with Crippen LogP contribution in [-0.4, -0.2) is 4.98 Å². The van der Waals surface area contributed by atoms with Crippen LogP contribution in [0.15, 0.2) is 79.0 Å². The average Bonchev–Trinajstić information content (AvgIpc) is 2.61. The van der Waals surface area contributed by atoms with E-state index < -0.39 is 0 Å². The molecule has 3 heteroatoms. The van der Waals surface area contributed by atoms with Gasteiger partial charge in [0, 0.05) is 11.8 Å². The molecule has 0 saturated carbocycles. The molecule has 1 N–H and O–H groups in total. The zero-order chi connectivity index (χ0) is 15.9. The maximum Gasteiger partial charge on any atom is 0.127 e. The molecule has 1 heterocycles. The first kappa shape index (κ1) is 15.1. The van der Waals surface area contributed by atoms with Crippen LogP contribution < -0.4 is 5.32 Å². The Kier molecular flexibility index (Phi) is 4.93. The van der Waals surface area contributed by atoms with Gasteiger partial charge in [0.2, 0.25) is 0 Å². The van der Waals surface area contributed by atoms with Gasteiger partial charge in [0.15, 0.2) is 0 Å². The fourth-order valence-electron chi connectivity index (χ4n) is 2.16. The summed E-state index contributed by atoms with van der Waals surface area (Å²) in [4.78, 5) is 4.31. The molecule has 0 bridgehead atoms. The Morgan fingerprint density at radius 1 is 0.870 bits per heavy atom. The lowest BCUT2D eigenvalue weighted by Crippen LogP contribution is -2.09. The van der Waals surface area contributed by atoms with Crippen molar-refractivity contribution < 1.29 is 0 Å². The standard InChI is InChI=1S/C20H15ClN2/c21-18-11-5-4-8-16(18)13-14-19(17-9-2-1-3-10-17)23-20-12-6-7-15-22-20/h1-12,15,19H,(H,22,23). The second kappa shape index (κ2) is 7.49. The quantitative estimate of drug-likeness (QED) is 0.692. The van der Waals surface area contributed by atoms with E-state index in [1.54, 1.807) is 6.20 Å². The van der Waals surface area contributed by atoms with E-state index in [0.717, 1.165) is 16.9 Å². The van der Waals surface area contributed by atoms with E-state index in [2.05, 4.69) is 22.1 Å². The summed E-state index contributed by atoms with van der Waals surface area (Å²) >= 11 is 6.18. The van der Waals surface area contributed by atoms with E-state index in [4.69, 9.17) is 11.6 Å². The Morgan fingerprint density at radius 2 is 1.61 bits per heavy atom. The van der Waals surface area contributed by atoms with Crippen LogP contribution in [0.5, 0.6) is 0 Å². The predicted octanol–water partition coefficient (Wildman–Crippen LogP) is 4.94. The molecule has 2 aromatic carbocycles. The molecule has 0 spiro atoms. The molecule has 0 aliphatic carbocycles. The fourth-order valence-corrected chi connectivity index (χ4v) is 2.34. The molecule has 0 amide bonds. The van der Waals surface area contributed by atoms with E-state index >= 15 is 0 Å². The van der Waals surface area contributed by atoms with Gasteiger partial charge in [0.25, 0.3) is 0 Å². The average molecular weight is 319 g/mol. The highest BCUT2D eigenvalue weighted by atomic mass is 35.5. The third-order valence-corrected chi connectivity index (χ3v) is 3.64. The Morgan fingerprint density at radius 3 is 2.35 bits per heavy atom. The summed E-state index contributed by atoms with van der Waals surface area (Å²) in [6, 6.07) is 23.2. The highest BCUT2D eigenvalue weighted by molar-refractivity contribution is 6.31. The molecule has 1 aromatic heterocycles. The van der Waals surface area contributed by atoms with Gasteiger partial charge in [-0.15, -0.1) is 0 Å². The molecule has 0 radical (unpaired) electrons. The maximum atomic E-state index is 6.18. The molecule has 0 aliphatic rings. The van der Waals surface area contributed by atoms with E-state index in [1.165, 1.54) is 0 Å². The third kappa shape index (κ3) is 4.12. The number of rotatable bonds is 3. The summed E-state index contributed by atoms with van der Waals surface area (Å²) in [5, 5.41) is 4.01. The summed E-state index contributed by atoms with van der Waals surface area (Å²) < 4.78 is 0. The number of halogens is 1. The van der Waals surface area contributed by atoms with Crippen LogP contribution in [0, 0.1) is 11.8 Å². The van der Waals surface area contributed by atoms with Gasteiger partial charge >= 0.3 is 0 Å². The van der Waals surface area contributed by atoms with Gasteiger partial charge in [0.1, 0.15) is 11.9 Å². The van der Waals surface area contributed by atoms with Crippen LogP contribution in [0.1, 0.15) is 17.2 Å². The van der Waals surface area contributed by atoms with Crippen molar-refractivity contribution in [3.63, 3.8) is 0 Å². The van der Waals surface area contributed by atoms with Gasteiger partial charge in [-0.1, -0.05) is 72.0 Å². The van der Waals surface area contributed by atoms with Crippen molar-refractivity contribution in [2.45, 2.75) is 6.04 Å². The molecular formula is C20H15ClN2. The van der Waals surface area contributed by atoms with Crippen molar-refractivity contribution in [2.75, 3.05) is 5.32 Å².